The summed E-state index contributed by atoms with van der Waals surface area (Å²) in [6.45, 7) is 1.41. The van der Waals surface area contributed by atoms with Gasteiger partial charge in [0.15, 0.2) is 0 Å². The number of nitrogens with zero attached hydrogens (tertiary/aromatic N) is 1. The van der Waals surface area contributed by atoms with Gasteiger partial charge in [-0.2, -0.15) is 0 Å². The number of amides is 2. The first-order valence-corrected chi connectivity index (χ1v) is 7.38. The van der Waals surface area contributed by atoms with E-state index in [9.17, 15) is 14.0 Å². The Labute approximate surface area is 138 Å². The predicted molar refractivity (Wildman–Crippen MR) is 91.6 cm³/mol. The average Bonchev–Trinajstić information content (AvgIpc) is 2.85. The highest BCUT2D eigenvalue weighted by Gasteiger charge is 2.15. The number of hydrogen-bond acceptors (Lipinski definition) is 2. The summed E-state index contributed by atoms with van der Waals surface area (Å²) in [6.07, 6.45) is 0. The molecule has 0 saturated carbocycles. The normalized spacial score (nSPS) is 10.6. The van der Waals surface area contributed by atoms with Crippen molar-refractivity contribution in [3.8, 4) is 0 Å². The first kappa shape index (κ1) is 15.7. The maximum absolute atomic E-state index is 13.9. The van der Waals surface area contributed by atoms with Crippen LogP contribution in [0.3, 0.4) is 0 Å². The molecule has 0 saturated heterocycles. The number of rotatable bonds is 3. The van der Waals surface area contributed by atoms with Gasteiger partial charge in [0.05, 0.1) is 5.52 Å². The lowest BCUT2D eigenvalue weighted by Crippen LogP contribution is -2.16. The van der Waals surface area contributed by atoms with Crippen molar-refractivity contribution < 1.29 is 14.0 Å². The number of carbonyl (C=O) groups excluding carboxylic acids is 2. The molecule has 24 heavy (non-hydrogen) atoms. The molecule has 1 heterocycles. The van der Waals surface area contributed by atoms with Gasteiger partial charge in [0.2, 0.25) is 5.91 Å². The molecule has 0 radical (unpaired) electrons. The number of fused-ring (bicyclic) bond motifs is 1. The molecule has 0 aliphatic heterocycles. The lowest BCUT2D eigenvalue weighted by molar-refractivity contribution is -0.114. The quantitative estimate of drug-likeness (QED) is 0.774. The van der Waals surface area contributed by atoms with E-state index in [1.54, 1.807) is 49.5 Å². The van der Waals surface area contributed by atoms with Gasteiger partial charge < -0.3 is 15.2 Å². The molecule has 3 rings (SSSR count). The molecule has 0 fully saturated rings. The Hall–Kier alpha value is -3.15. The topological polar surface area (TPSA) is 63.1 Å². The van der Waals surface area contributed by atoms with Crippen molar-refractivity contribution in [3.05, 3.63) is 60.0 Å². The van der Waals surface area contributed by atoms with Crippen molar-refractivity contribution in [3.63, 3.8) is 0 Å². The second-order valence-corrected chi connectivity index (χ2v) is 5.48. The van der Waals surface area contributed by atoms with Crippen molar-refractivity contribution >= 4 is 34.1 Å². The fourth-order valence-electron chi connectivity index (χ4n) is 2.66. The molecule has 2 aromatic carbocycles. The van der Waals surface area contributed by atoms with E-state index in [2.05, 4.69) is 10.6 Å². The lowest BCUT2D eigenvalue weighted by Gasteiger charge is -2.09. The summed E-state index contributed by atoms with van der Waals surface area (Å²) >= 11 is 0. The zero-order chi connectivity index (χ0) is 17.3. The summed E-state index contributed by atoms with van der Waals surface area (Å²) in [7, 11) is 1.65. The van der Waals surface area contributed by atoms with Gasteiger partial charge >= 0.3 is 0 Å². The third kappa shape index (κ3) is 2.99. The summed E-state index contributed by atoms with van der Waals surface area (Å²) in [4.78, 5) is 23.6. The van der Waals surface area contributed by atoms with Crippen LogP contribution in [0.5, 0.6) is 0 Å². The van der Waals surface area contributed by atoms with Gasteiger partial charge in [-0.1, -0.05) is 18.2 Å². The van der Waals surface area contributed by atoms with Crippen molar-refractivity contribution in [2.24, 2.45) is 7.05 Å². The highest BCUT2D eigenvalue weighted by atomic mass is 19.1. The molecule has 0 aliphatic carbocycles. The zero-order valence-electron chi connectivity index (χ0n) is 13.3. The number of para-hydroxylation sites is 1. The molecular weight excluding hydrogens is 309 g/mol. The molecule has 2 amide bonds. The van der Waals surface area contributed by atoms with E-state index in [0.717, 1.165) is 0 Å². The van der Waals surface area contributed by atoms with Crippen LogP contribution in [0.25, 0.3) is 10.9 Å². The highest BCUT2D eigenvalue weighted by Crippen LogP contribution is 2.23. The number of halogens is 1. The number of carbonyl (C=O) groups is 2. The van der Waals surface area contributed by atoms with Gasteiger partial charge in [-0.05, 0) is 30.3 Å². The van der Waals surface area contributed by atoms with Crippen LogP contribution in [0.2, 0.25) is 0 Å². The smallest absolute Gasteiger partial charge is 0.272 e. The van der Waals surface area contributed by atoms with Crippen molar-refractivity contribution in [2.75, 3.05) is 10.6 Å². The Bertz CT molecular complexity index is 947. The largest absolute Gasteiger partial charge is 0.337 e. The van der Waals surface area contributed by atoms with Crippen LogP contribution < -0.4 is 10.6 Å². The van der Waals surface area contributed by atoms with E-state index in [0.29, 0.717) is 28.0 Å². The molecule has 5 nitrogen and oxygen atoms in total. The number of aromatic nitrogens is 1. The molecular formula is C18H16FN3O2. The number of benzene rings is 2. The predicted octanol–water partition coefficient (Wildman–Crippen LogP) is 3.53. The summed E-state index contributed by atoms with van der Waals surface area (Å²) < 4.78 is 15.5. The van der Waals surface area contributed by atoms with Gasteiger partial charge in [0.25, 0.3) is 5.91 Å². The first-order chi connectivity index (χ1) is 11.5. The molecule has 122 valence electrons. The highest BCUT2D eigenvalue weighted by molar-refractivity contribution is 6.06. The minimum Gasteiger partial charge on any atom is -0.337 e. The summed E-state index contributed by atoms with van der Waals surface area (Å²) in [6, 6.07) is 13.2. The van der Waals surface area contributed by atoms with E-state index in [4.69, 9.17) is 0 Å². The Kier molecular flexibility index (Phi) is 4.04. The Morgan fingerprint density at radius 2 is 1.67 bits per heavy atom. The maximum atomic E-state index is 13.9. The molecule has 6 heteroatoms. The lowest BCUT2D eigenvalue weighted by atomic mass is 10.2. The maximum Gasteiger partial charge on any atom is 0.272 e. The van der Waals surface area contributed by atoms with Crippen molar-refractivity contribution in [1.29, 1.82) is 0 Å². The standard InChI is InChI=1S/C18H16FN3O2/c1-11(23)20-13-6-4-7-14(10-13)21-18(24)16-9-12-5-3-8-15(19)17(12)22(16)2/h3-10H,1-2H3,(H,20,23)(H,21,24). The molecule has 2 N–H and O–H groups in total. The second kappa shape index (κ2) is 6.16. The van der Waals surface area contributed by atoms with Gasteiger partial charge in [-0.3, -0.25) is 9.59 Å². The van der Waals surface area contributed by atoms with Crippen LogP contribution in [0, 0.1) is 5.82 Å². The molecule has 0 aliphatic rings. The monoisotopic (exact) mass is 325 g/mol. The molecule has 3 aromatic rings. The third-order valence-electron chi connectivity index (χ3n) is 3.68. The average molecular weight is 325 g/mol. The summed E-state index contributed by atoms with van der Waals surface area (Å²) in [5.41, 5.74) is 1.86. The summed E-state index contributed by atoms with van der Waals surface area (Å²) in [5, 5.41) is 6.07. The van der Waals surface area contributed by atoms with E-state index in [1.165, 1.54) is 17.6 Å². The Morgan fingerprint density at radius 1 is 1.00 bits per heavy atom. The molecule has 0 unspecified atom stereocenters. The zero-order valence-corrected chi connectivity index (χ0v) is 13.3. The number of nitrogens with one attached hydrogen (secondary N) is 2. The van der Waals surface area contributed by atoms with Crippen LogP contribution in [0.15, 0.2) is 48.5 Å². The van der Waals surface area contributed by atoms with Crippen molar-refractivity contribution in [2.45, 2.75) is 6.92 Å². The van der Waals surface area contributed by atoms with Crippen LogP contribution in [-0.2, 0) is 11.8 Å². The van der Waals surface area contributed by atoms with Gasteiger partial charge in [-0.15, -0.1) is 0 Å². The second-order valence-electron chi connectivity index (χ2n) is 5.48. The number of anilines is 2. The fourth-order valence-corrected chi connectivity index (χ4v) is 2.66. The molecule has 0 spiro atoms. The number of aryl methyl sites for hydroxylation is 1. The molecule has 1 aromatic heterocycles. The van der Waals surface area contributed by atoms with E-state index in [-0.39, 0.29) is 17.6 Å². The van der Waals surface area contributed by atoms with Crippen molar-refractivity contribution in [1.82, 2.24) is 4.57 Å². The SMILES string of the molecule is CC(=O)Nc1cccc(NC(=O)c2cc3cccc(F)c3n2C)c1. The Morgan fingerprint density at radius 3 is 2.33 bits per heavy atom. The van der Waals surface area contributed by atoms with Crippen LogP contribution in [0.4, 0.5) is 15.8 Å². The van der Waals surface area contributed by atoms with Crippen LogP contribution >= 0.6 is 0 Å². The van der Waals surface area contributed by atoms with E-state index >= 15 is 0 Å². The fraction of sp³-hybridized carbons (Fsp3) is 0.111. The molecule has 0 bridgehead atoms. The first-order valence-electron chi connectivity index (χ1n) is 7.38. The van der Waals surface area contributed by atoms with Gasteiger partial charge in [0, 0.05) is 30.7 Å². The van der Waals surface area contributed by atoms with E-state index < -0.39 is 0 Å². The summed E-state index contributed by atoms with van der Waals surface area (Å²) in [5.74, 6) is -0.919. The Balaban J connectivity index is 1.89. The van der Waals surface area contributed by atoms with Crippen LogP contribution in [0.1, 0.15) is 17.4 Å². The minimum absolute atomic E-state index is 0.192. The molecule has 0 atom stereocenters. The minimum atomic E-state index is -0.373. The number of hydrogen-bond donors (Lipinski definition) is 2. The van der Waals surface area contributed by atoms with Crippen LogP contribution in [-0.4, -0.2) is 16.4 Å². The van der Waals surface area contributed by atoms with Gasteiger partial charge in [-0.25, -0.2) is 4.39 Å². The third-order valence-corrected chi connectivity index (χ3v) is 3.68. The van der Waals surface area contributed by atoms with E-state index in [1.807, 2.05) is 0 Å². The van der Waals surface area contributed by atoms with Gasteiger partial charge in [0.1, 0.15) is 11.5 Å².